The summed E-state index contributed by atoms with van der Waals surface area (Å²) in [4.78, 5) is 11.3. The van der Waals surface area contributed by atoms with Crippen molar-refractivity contribution in [3.63, 3.8) is 0 Å². The van der Waals surface area contributed by atoms with E-state index in [1.165, 1.54) is 12.1 Å². The number of esters is 1. The molecule has 0 spiro atoms. The standard InChI is InChI=1S/C12H14Cl2FNO2/c1-3-18-11(17)4-7(2)16-8-5-9(13)12(15)10(14)6-8/h5-7,16H,3-4H2,1-2H3. The maximum absolute atomic E-state index is 13.2. The van der Waals surface area contributed by atoms with Crippen molar-refractivity contribution in [2.45, 2.75) is 26.3 Å². The van der Waals surface area contributed by atoms with Gasteiger partial charge < -0.3 is 10.1 Å². The predicted octanol–water partition coefficient (Wildman–Crippen LogP) is 3.89. The second kappa shape index (κ2) is 6.81. The van der Waals surface area contributed by atoms with Crippen LogP contribution in [0.3, 0.4) is 0 Å². The smallest absolute Gasteiger partial charge is 0.307 e. The Labute approximate surface area is 115 Å². The number of nitrogens with one attached hydrogen (secondary N) is 1. The molecule has 0 fully saturated rings. The summed E-state index contributed by atoms with van der Waals surface area (Å²) in [7, 11) is 0. The van der Waals surface area contributed by atoms with Crippen molar-refractivity contribution in [1.29, 1.82) is 0 Å². The average Bonchev–Trinajstić information content (AvgIpc) is 2.25. The van der Waals surface area contributed by atoms with E-state index in [1.54, 1.807) is 6.92 Å². The Balaban J connectivity index is 2.65. The Morgan fingerprint density at radius 1 is 1.44 bits per heavy atom. The van der Waals surface area contributed by atoms with Gasteiger partial charge in [0.2, 0.25) is 0 Å². The molecule has 0 aliphatic rings. The molecule has 0 saturated carbocycles. The molecule has 1 atom stereocenters. The van der Waals surface area contributed by atoms with Crippen LogP contribution >= 0.6 is 23.2 Å². The van der Waals surface area contributed by atoms with Gasteiger partial charge in [-0.25, -0.2) is 4.39 Å². The summed E-state index contributed by atoms with van der Waals surface area (Å²) in [5.41, 5.74) is 0.559. The van der Waals surface area contributed by atoms with Crippen molar-refractivity contribution in [2.75, 3.05) is 11.9 Å². The van der Waals surface area contributed by atoms with Gasteiger partial charge in [0.15, 0.2) is 5.82 Å². The SMILES string of the molecule is CCOC(=O)CC(C)Nc1cc(Cl)c(F)c(Cl)c1. The summed E-state index contributed by atoms with van der Waals surface area (Å²) in [5, 5.41) is 2.88. The summed E-state index contributed by atoms with van der Waals surface area (Å²) in [6.45, 7) is 3.90. The maximum Gasteiger partial charge on any atom is 0.307 e. The third-order valence-electron chi connectivity index (χ3n) is 2.18. The molecule has 0 radical (unpaired) electrons. The lowest BCUT2D eigenvalue weighted by molar-refractivity contribution is -0.143. The Morgan fingerprint density at radius 2 is 2.00 bits per heavy atom. The van der Waals surface area contributed by atoms with Crippen molar-refractivity contribution in [1.82, 2.24) is 0 Å². The van der Waals surface area contributed by atoms with E-state index in [1.807, 2.05) is 6.92 Å². The fourth-order valence-corrected chi connectivity index (χ4v) is 1.93. The molecular weight excluding hydrogens is 280 g/mol. The number of hydrogen-bond donors (Lipinski definition) is 1. The first-order chi connectivity index (χ1) is 8.43. The van der Waals surface area contributed by atoms with Gasteiger partial charge in [-0.3, -0.25) is 4.79 Å². The van der Waals surface area contributed by atoms with Crippen LogP contribution in [0.5, 0.6) is 0 Å². The quantitative estimate of drug-likeness (QED) is 0.661. The highest BCUT2D eigenvalue weighted by molar-refractivity contribution is 6.35. The predicted molar refractivity (Wildman–Crippen MR) is 70.8 cm³/mol. The molecule has 3 nitrogen and oxygen atoms in total. The lowest BCUT2D eigenvalue weighted by atomic mass is 10.2. The number of ether oxygens (including phenoxy) is 1. The third-order valence-corrected chi connectivity index (χ3v) is 2.73. The number of anilines is 1. The van der Waals surface area contributed by atoms with Gasteiger partial charge >= 0.3 is 5.97 Å². The molecule has 1 N–H and O–H groups in total. The lowest BCUT2D eigenvalue weighted by Crippen LogP contribution is -2.21. The highest BCUT2D eigenvalue weighted by Crippen LogP contribution is 2.27. The first-order valence-electron chi connectivity index (χ1n) is 5.50. The minimum atomic E-state index is -0.651. The first-order valence-corrected chi connectivity index (χ1v) is 6.26. The molecule has 0 aromatic heterocycles. The van der Waals surface area contributed by atoms with Crippen LogP contribution in [0, 0.1) is 5.82 Å². The first kappa shape index (κ1) is 15.1. The van der Waals surface area contributed by atoms with E-state index in [9.17, 15) is 9.18 Å². The molecule has 1 unspecified atom stereocenters. The van der Waals surface area contributed by atoms with Gasteiger partial charge in [-0.15, -0.1) is 0 Å². The van der Waals surface area contributed by atoms with E-state index in [2.05, 4.69) is 5.32 Å². The van der Waals surface area contributed by atoms with Gasteiger partial charge in [0.05, 0.1) is 23.1 Å². The minimum Gasteiger partial charge on any atom is -0.466 e. The fraction of sp³-hybridized carbons (Fsp3) is 0.417. The van der Waals surface area contributed by atoms with Gasteiger partial charge in [0, 0.05) is 11.7 Å². The zero-order chi connectivity index (χ0) is 13.7. The van der Waals surface area contributed by atoms with Gasteiger partial charge in [-0.05, 0) is 26.0 Å². The van der Waals surface area contributed by atoms with Crippen molar-refractivity contribution < 1.29 is 13.9 Å². The third kappa shape index (κ3) is 4.35. The van der Waals surface area contributed by atoms with E-state index in [-0.39, 0.29) is 28.5 Å². The van der Waals surface area contributed by atoms with Crippen LogP contribution in [-0.4, -0.2) is 18.6 Å². The molecule has 0 heterocycles. The van der Waals surface area contributed by atoms with Crippen molar-refractivity contribution >= 4 is 34.9 Å². The van der Waals surface area contributed by atoms with Crippen LogP contribution in [-0.2, 0) is 9.53 Å². The topological polar surface area (TPSA) is 38.3 Å². The van der Waals surface area contributed by atoms with Gasteiger partial charge in [-0.1, -0.05) is 23.2 Å². The Kier molecular flexibility index (Phi) is 5.69. The summed E-state index contributed by atoms with van der Waals surface area (Å²) >= 11 is 11.3. The molecule has 6 heteroatoms. The molecular formula is C12H14Cl2FNO2. The van der Waals surface area contributed by atoms with Crippen LogP contribution in [0.25, 0.3) is 0 Å². The number of hydrogen-bond acceptors (Lipinski definition) is 3. The molecule has 100 valence electrons. The molecule has 0 saturated heterocycles. The van der Waals surface area contributed by atoms with Crippen LogP contribution in [0.15, 0.2) is 12.1 Å². The number of carbonyl (C=O) groups excluding carboxylic acids is 1. The monoisotopic (exact) mass is 293 g/mol. The largest absolute Gasteiger partial charge is 0.466 e. The lowest BCUT2D eigenvalue weighted by Gasteiger charge is -2.15. The van der Waals surface area contributed by atoms with Crippen LogP contribution in [0.1, 0.15) is 20.3 Å². The molecule has 1 aromatic carbocycles. The summed E-state index contributed by atoms with van der Waals surface area (Å²) in [6, 6.07) is 2.68. The van der Waals surface area contributed by atoms with Gasteiger partial charge in [0.25, 0.3) is 0 Å². The molecule has 0 aliphatic carbocycles. The van der Waals surface area contributed by atoms with E-state index < -0.39 is 5.82 Å². The van der Waals surface area contributed by atoms with Crippen LogP contribution in [0.4, 0.5) is 10.1 Å². The molecule has 1 aromatic rings. The minimum absolute atomic E-state index is 0.0617. The van der Waals surface area contributed by atoms with Crippen molar-refractivity contribution in [3.05, 3.63) is 28.0 Å². The zero-order valence-corrected chi connectivity index (χ0v) is 11.6. The summed E-state index contributed by atoms with van der Waals surface area (Å²) < 4.78 is 18.0. The Bertz CT molecular complexity index is 417. The average molecular weight is 294 g/mol. The second-order valence-corrected chi connectivity index (χ2v) is 4.62. The number of carbonyl (C=O) groups is 1. The molecule has 1 rings (SSSR count). The molecule has 0 amide bonds. The summed E-state index contributed by atoms with van der Waals surface area (Å²) in [6.07, 6.45) is 0.209. The van der Waals surface area contributed by atoms with Crippen LogP contribution in [0.2, 0.25) is 10.0 Å². The van der Waals surface area contributed by atoms with Crippen molar-refractivity contribution in [2.24, 2.45) is 0 Å². The normalized spacial score (nSPS) is 12.1. The second-order valence-electron chi connectivity index (χ2n) is 3.81. The number of benzene rings is 1. The zero-order valence-electron chi connectivity index (χ0n) is 10.1. The van der Waals surface area contributed by atoms with E-state index in [4.69, 9.17) is 27.9 Å². The van der Waals surface area contributed by atoms with Gasteiger partial charge in [0.1, 0.15) is 0 Å². The molecule has 0 bridgehead atoms. The van der Waals surface area contributed by atoms with Crippen molar-refractivity contribution in [3.8, 4) is 0 Å². The highest BCUT2D eigenvalue weighted by atomic mass is 35.5. The number of halogens is 3. The molecule has 0 aliphatic heterocycles. The van der Waals surface area contributed by atoms with Crippen LogP contribution < -0.4 is 5.32 Å². The highest BCUT2D eigenvalue weighted by Gasteiger charge is 2.12. The van der Waals surface area contributed by atoms with E-state index in [0.717, 1.165) is 0 Å². The Hall–Kier alpha value is -1.00. The fourth-order valence-electron chi connectivity index (χ4n) is 1.44. The molecule has 18 heavy (non-hydrogen) atoms. The van der Waals surface area contributed by atoms with Gasteiger partial charge in [-0.2, -0.15) is 0 Å². The Morgan fingerprint density at radius 3 is 2.50 bits per heavy atom. The van der Waals surface area contributed by atoms with E-state index in [0.29, 0.717) is 12.3 Å². The summed E-state index contributed by atoms with van der Waals surface area (Å²) in [5.74, 6) is -0.946. The van der Waals surface area contributed by atoms with E-state index >= 15 is 0 Å². The maximum atomic E-state index is 13.2. The number of rotatable bonds is 5.